The quantitative estimate of drug-likeness (QED) is 0.581. The minimum Gasteiger partial charge on any atom is -0.478 e. The van der Waals surface area contributed by atoms with Crippen LogP contribution in [0.5, 0.6) is 5.88 Å². The van der Waals surface area contributed by atoms with Crippen LogP contribution in [-0.2, 0) is 13.0 Å². The normalized spacial score (nSPS) is 15.3. The maximum atomic E-state index is 5.87. The molecule has 0 spiro atoms. The Balaban J connectivity index is 1.08. The van der Waals surface area contributed by atoms with Gasteiger partial charge in [0, 0.05) is 48.6 Å². The summed E-state index contributed by atoms with van der Waals surface area (Å²) in [7, 11) is 0. The van der Waals surface area contributed by atoms with Gasteiger partial charge in [-0.1, -0.05) is 24.8 Å². The van der Waals surface area contributed by atoms with E-state index in [1.54, 1.807) is 0 Å². The maximum Gasteiger partial charge on any atom is 0.215 e. The van der Waals surface area contributed by atoms with E-state index in [0.29, 0.717) is 12.5 Å². The first-order chi connectivity index (χ1) is 15.2. The van der Waals surface area contributed by atoms with E-state index in [1.807, 2.05) is 47.2 Å². The summed E-state index contributed by atoms with van der Waals surface area (Å²) in [5, 5.41) is 7.96. The highest BCUT2D eigenvalue weighted by molar-refractivity contribution is 5.71. The summed E-state index contributed by atoms with van der Waals surface area (Å²) in [4.78, 5) is 7.05. The average Bonchev–Trinajstić information content (AvgIpc) is 3.23. The molecule has 0 saturated carbocycles. The van der Waals surface area contributed by atoms with Gasteiger partial charge in [0.25, 0.3) is 0 Å². The maximum absolute atomic E-state index is 5.87. The van der Waals surface area contributed by atoms with Gasteiger partial charge in [-0.15, -0.1) is 0 Å². The molecule has 2 aliphatic heterocycles. The Kier molecular flexibility index (Phi) is 5.54. The van der Waals surface area contributed by atoms with Crippen molar-refractivity contribution in [3.63, 3.8) is 0 Å². The van der Waals surface area contributed by atoms with Crippen LogP contribution in [-0.4, -0.2) is 39.4 Å². The number of allylic oxidation sites excluding steroid dienone is 1. The van der Waals surface area contributed by atoms with Crippen molar-refractivity contribution in [3.05, 3.63) is 83.8 Å². The first-order valence-corrected chi connectivity index (χ1v) is 10.9. The molecule has 0 aliphatic carbocycles. The van der Waals surface area contributed by atoms with Gasteiger partial charge in [0.1, 0.15) is 5.82 Å². The third kappa shape index (κ3) is 4.54. The molecule has 2 aliphatic rings. The third-order valence-corrected chi connectivity index (χ3v) is 5.72. The van der Waals surface area contributed by atoms with E-state index >= 15 is 0 Å². The minimum atomic E-state index is 0.658. The molecule has 0 radical (unpaired) electrons. The Bertz CT molecular complexity index is 1100. The molecule has 0 amide bonds. The number of rotatable bonds is 7. The monoisotopic (exact) mass is 413 g/mol. The van der Waals surface area contributed by atoms with E-state index in [1.165, 1.54) is 11.3 Å². The van der Waals surface area contributed by atoms with Crippen molar-refractivity contribution >= 4 is 11.9 Å². The van der Waals surface area contributed by atoms with Crippen molar-refractivity contribution < 1.29 is 4.74 Å². The van der Waals surface area contributed by atoms with Crippen LogP contribution in [0.2, 0.25) is 0 Å². The van der Waals surface area contributed by atoms with Gasteiger partial charge in [-0.05, 0) is 49.7 Å². The zero-order valence-corrected chi connectivity index (χ0v) is 17.6. The molecule has 0 bridgehead atoms. The van der Waals surface area contributed by atoms with Gasteiger partial charge < -0.3 is 10.1 Å². The lowest BCUT2D eigenvalue weighted by Crippen LogP contribution is -2.31. The second kappa shape index (κ2) is 8.78. The fourth-order valence-electron chi connectivity index (χ4n) is 4.04. The molecule has 2 aromatic heterocycles. The van der Waals surface area contributed by atoms with Crippen LogP contribution in [0.1, 0.15) is 29.7 Å². The summed E-state index contributed by atoms with van der Waals surface area (Å²) in [6, 6.07) is 14.3. The number of hydrogen-bond acceptors (Lipinski definition) is 5. The zero-order valence-electron chi connectivity index (χ0n) is 17.6. The van der Waals surface area contributed by atoms with Gasteiger partial charge in [-0.3, -0.25) is 4.90 Å². The Morgan fingerprint density at radius 2 is 1.97 bits per heavy atom. The Labute approximate surface area is 182 Å². The lowest BCUT2D eigenvalue weighted by Gasteiger charge is -2.25. The number of anilines is 1. The second-order valence-electron chi connectivity index (χ2n) is 8.03. The van der Waals surface area contributed by atoms with Crippen LogP contribution in [0, 0.1) is 0 Å². The highest BCUT2D eigenvalue weighted by Gasteiger charge is 2.19. The zero-order chi connectivity index (χ0) is 21.0. The van der Waals surface area contributed by atoms with Gasteiger partial charge in [-0.25, -0.2) is 4.68 Å². The van der Waals surface area contributed by atoms with Gasteiger partial charge in [0.05, 0.1) is 18.0 Å². The van der Waals surface area contributed by atoms with E-state index in [-0.39, 0.29) is 0 Å². The van der Waals surface area contributed by atoms with E-state index in [0.717, 1.165) is 61.7 Å². The molecule has 6 nitrogen and oxygen atoms in total. The lowest BCUT2D eigenvalue weighted by atomic mass is 10.1. The van der Waals surface area contributed by atoms with Gasteiger partial charge in [0.2, 0.25) is 5.88 Å². The molecule has 3 aromatic rings. The third-order valence-electron chi connectivity index (χ3n) is 5.72. The number of nitrogens with zero attached hydrogens (tertiary/aromatic N) is 4. The summed E-state index contributed by atoms with van der Waals surface area (Å²) >= 11 is 0. The van der Waals surface area contributed by atoms with E-state index < -0.39 is 0 Å². The number of benzene rings is 1. The smallest absolute Gasteiger partial charge is 0.215 e. The topological polar surface area (TPSA) is 55.2 Å². The summed E-state index contributed by atoms with van der Waals surface area (Å²) in [5.41, 5.74) is 5.59. The van der Waals surface area contributed by atoms with Crippen LogP contribution in [0.15, 0.2) is 67.0 Å². The Morgan fingerprint density at radius 1 is 1.06 bits per heavy atom. The van der Waals surface area contributed by atoms with E-state index in [2.05, 4.69) is 40.1 Å². The van der Waals surface area contributed by atoms with Crippen LogP contribution in [0.4, 0.5) is 5.82 Å². The summed E-state index contributed by atoms with van der Waals surface area (Å²) in [6.45, 7) is 7.70. The highest BCUT2D eigenvalue weighted by Crippen LogP contribution is 2.25. The number of ether oxygens (including phenoxy) is 1. The molecule has 6 heteroatoms. The molecular weight excluding hydrogens is 386 g/mol. The number of nitrogens with one attached hydrogen (secondary N) is 1. The van der Waals surface area contributed by atoms with Gasteiger partial charge >= 0.3 is 0 Å². The second-order valence-corrected chi connectivity index (χ2v) is 8.03. The van der Waals surface area contributed by atoms with Crippen molar-refractivity contribution in [3.8, 4) is 11.6 Å². The first kappa shape index (κ1) is 19.6. The van der Waals surface area contributed by atoms with Crippen molar-refractivity contribution in [2.24, 2.45) is 0 Å². The first-order valence-electron chi connectivity index (χ1n) is 10.9. The van der Waals surface area contributed by atoms with Gasteiger partial charge in [0.15, 0.2) is 0 Å². The number of hydrogen-bond donors (Lipinski definition) is 1. The number of pyridine rings is 1. The summed E-state index contributed by atoms with van der Waals surface area (Å²) in [5.74, 6) is 1.47. The number of unbranched alkanes of at least 4 members (excludes halogenated alkanes) is 1. The number of fused-ring (bicyclic) bond motifs is 2. The summed E-state index contributed by atoms with van der Waals surface area (Å²) < 4.78 is 7.88. The molecule has 1 N–H and O–H groups in total. The number of aromatic nitrogens is 3. The molecule has 1 aromatic carbocycles. The van der Waals surface area contributed by atoms with Crippen molar-refractivity contribution in [2.45, 2.75) is 25.8 Å². The molecule has 0 saturated heterocycles. The summed E-state index contributed by atoms with van der Waals surface area (Å²) in [6.07, 6.45) is 9.26. The fraction of sp³-hybridized carbons (Fsp3) is 0.280. The Hall–Kier alpha value is -3.38. The van der Waals surface area contributed by atoms with E-state index in [4.69, 9.17) is 9.84 Å². The van der Waals surface area contributed by atoms with Crippen LogP contribution in [0.25, 0.3) is 11.8 Å². The number of para-hydroxylation sites is 1. The lowest BCUT2D eigenvalue weighted by molar-refractivity contribution is 0.232. The molecule has 0 atom stereocenters. The molecule has 0 unspecified atom stereocenters. The van der Waals surface area contributed by atoms with Crippen LogP contribution < -0.4 is 10.1 Å². The molecule has 0 fully saturated rings. The standard InChI is InChI=1S/C25H27N5O/c1-19-9-10-20-11-12-24(27-25(20)26-19)31-16-6-5-14-29-15-13-23-21(17-29)18-30(28-23)22-7-3-2-4-8-22/h2-4,7-12,18H,1,5-6,13-17H2,(H,26,27). The van der Waals surface area contributed by atoms with E-state index in [9.17, 15) is 0 Å². The predicted octanol–water partition coefficient (Wildman–Crippen LogP) is 4.44. The van der Waals surface area contributed by atoms with Gasteiger partial charge in [-0.2, -0.15) is 10.1 Å². The molecule has 5 rings (SSSR count). The van der Waals surface area contributed by atoms with Crippen molar-refractivity contribution in [1.29, 1.82) is 0 Å². The van der Waals surface area contributed by atoms with Crippen LogP contribution in [0.3, 0.4) is 0 Å². The predicted molar refractivity (Wildman–Crippen MR) is 123 cm³/mol. The average molecular weight is 414 g/mol. The fourth-order valence-corrected chi connectivity index (χ4v) is 4.04. The molecule has 4 heterocycles. The van der Waals surface area contributed by atoms with Crippen LogP contribution >= 0.6 is 0 Å². The SMILES string of the molecule is C=C1C=Cc2ccc(OCCCCN3CCc4nn(-c5ccccc5)cc4C3)nc2N1. The Morgan fingerprint density at radius 3 is 2.87 bits per heavy atom. The highest BCUT2D eigenvalue weighted by atomic mass is 16.5. The molecule has 31 heavy (non-hydrogen) atoms. The van der Waals surface area contributed by atoms with Crippen molar-refractivity contribution in [1.82, 2.24) is 19.7 Å². The minimum absolute atomic E-state index is 0.658. The molecular formula is C25H27N5O. The largest absolute Gasteiger partial charge is 0.478 e. The van der Waals surface area contributed by atoms with Crippen molar-refractivity contribution in [2.75, 3.05) is 25.0 Å². The molecule has 158 valence electrons.